The van der Waals surface area contributed by atoms with E-state index in [0.717, 1.165) is 60.1 Å². The van der Waals surface area contributed by atoms with Crippen molar-refractivity contribution in [3.8, 4) is 11.5 Å². The van der Waals surface area contributed by atoms with Crippen LogP contribution in [0.5, 0.6) is 11.5 Å². The number of halogens is 1. The molecule has 2 aromatic rings. The number of piperidine rings is 1. The molecule has 0 aromatic heterocycles. The fourth-order valence-corrected chi connectivity index (χ4v) is 4.00. The van der Waals surface area contributed by atoms with Gasteiger partial charge in [0.1, 0.15) is 11.5 Å². The van der Waals surface area contributed by atoms with Crippen molar-refractivity contribution >= 4 is 17.5 Å². The van der Waals surface area contributed by atoms with Crippen molar-refractivity contribution in [2.75, 3.05) is 27.3 Å². The first kappa shape index (κ1) is 21.5. The monoisotopic (exact) mass is 416 g/mol. The molecule has 1 aliphatic rings. The van der Waals surface area contributed by atoms with Gasteiger partial charge in [0.15, 0.2) is 0 Å². The van der Waals surface area contributed by atoms with Crippen LogP contribution in [0.3, 0.4) is 0 Å². The third-order valence-electron chi connectivity index (χ3n) is 5.57. The second kappa shape index (κ2) is 9.99. The van der Waals surface area contributed by atoms with Gasteiger partial charge in [-0.15, -0.1) is 0 Å². The van der Waals surface area contributed by atoms with Crippen LogP contribution < -0.4 is 14.8 Å². The lowest BCUT2D eigenvalue weighted by Gasteiger charge is -2.32. The number of carbonyl (C=O) groups is 1. The Bertz CT molecular complexity index is 835. The van der Waals surface area contributed by atoms with Crippen LogP contribution in [0.1, 0.15) is 36.9 Å². The summed E-state index contributed by atoms with van der Waals surface area (Å²) < 4.78 is 10.8. The largest absolute Gasteiger partial charge is 0.497 e. The standard InChI is InChI=1S/C23H29ClN2O3/c1-16(20-14-19(28-2)8-9-22(20)29-3)25-23(27)17-10-12-26(13-11-17)15-18-6-4-5-7-21(18)24/h4-9,14,16-17H,10-13,15H2,1-3H3,(H,25,27). The molecule has 1 heterocycles. The Morgan fingerprint density at radius 3 is 2.55 bits per heavy atom. The van der Waals surface area contributed by atoms with Crippen LogP contribution in [0.25, 0.3) is 0 Å². The zero-order valence-corrected chi connectivity index (χ0v) is 18.0. The Hall–Kier alpha value is -2.24. The normalized spacial score (nSPS) is 16.3. The molecule has 2 aromatic carbocycles. The lowest BCUT2D eigenvalue weighted by atomic mass is 9.94. The highest BCUT2D eigenvalue weighted by molar-refractivity contribution is 6.31. The molecule has 156 valence electrons. The summed E-state index contributed by atoms with van der Waals surface area (Å²) in [6, 6.07) is 13.4. The van der Waals surface area contributed by atoms with E-state index < -0.39 is 0 Å². The molecule has 1 saturated heterocycles. The maximum atomic E-state index is 12.8. The first-order chi connectivity index (χ1) is 14.0. The number of nitrogens with zero attached hydrogens (tertiary/aromatic N) is 1. The fourth-order valence-electron chi connectivity index (χ4n) is 3.81. The minimum Gasteiger partial charge on any atom is -0.497 e. The molecule has 1 atom stereocenters. The molecule has 0 spiro atoms. The van der Waals surface area contributed by atoms with Gasteiger partial charge in [-0.05, 0) is 62.7 Å². The van der Waals surface area contributed by atoms with Crippen molar-refractivity contribution in [3.05, 3.63) is 58.6 Å². The van der Waals surface area contributed by atoms with Crippen molar-refractivity contribution < 1.29 is 14.3 Å². The van der Waals surface area contributed by atoms with Gasteiger partial charge < -0.3 is 14.8 Å². The van der Waals surface area contributed by atoms with Crippen LogP contribution in [0.2, 0.25) is 5.02 Å². The molecule has 0 saturated carbocycles. The first-order valence-corrected chi connectivity index (χ1v) is 10.4. The second-order valence-electron chi connectivity index (χ2n) is 7.48. The molecule has 1 unspecified atom stereocenters. The number of nitrogens with one attached hydrogen (secondary N) is 1. The molecule has 1 N–H and O–H groups in total. The predicted octanol–water partition coefficient (Wildman–Crippen LogP) is 4.45. The number of rotatable bonds is 7. The molecule has 0 bridgehead atoms. The summed E-state index contributed by atoms with van der Waals surface area (Å²) in [5.74, 6) is 1.61. The van der Waals surface area contributed by atoms with E-state index in [9.17, 15) is 4.79 Å². The fraction of sp³-hybridized carbons (Fsp3) is 0.435. The lowest BCUT2D eigenvalue weighted by molar-refractivity contribution is -0.127. The van der Waals surface area contributed by atoms with Crippen molar-refractivity contribution in [1.29, 1.82) is 0 Å². The Balaban J connectivity index is 1.55. The Labute approximate surface area is 177 Å². The van der Waals surface area contributed by atoms with Gasteiger partial charge in [-0.25, -0.2) is 0 Å². The van der Waals surface area contributed by atoms with Crippen LogP contribution in [0.15, 0.2) is 42.5 Å². The molecule has 6 heteroatoms. The molecular formula is C23H29ClN2O3. The highest BCUT2D eigenvalue weighted by Crippen LogP contribution is 2.30. The minimum atomic E-state index is -0.159. The lowest BCUT2D eigenvalue weighted by Crippen LogP contribution is -2.41. The van der Waals surface area contributed by atoms with Crippen LogP contribution in [-0.2, 0) is 11.3 Å². The van der Waals surface area contributed by atoms with Gasteiger partial charge in [0.2, 0.25) is 5.91 Å². The van der Waals surface area contributed by atoms with Crippen molar-refractivity contribution in [2.24, 2.45) is 5.92 Å². The second-order valence-corrected chi connectivity index (χ2v) is 7.89. The minimum absolute atomic E-state index is 0.0246. The molecule has 5 nitrogen and oxygen atoms in total. The van der Waals surface area contributed by atoms with E-state index in [2.05, 4.69) is 16.3 Å². The van der Waals surface area contributed by atoms with E-state index in [1.807, 2.05) is 43.3 Å². The number of hydrogen-bond acceptors (Lipinski definition) is 4. The van der Waals surface area contributed by atoms with Crippen LogP contribution in [0, 0.1) is 5.92 Å². The van der Waals surface area contributed by atoms with E-state index in [0.29, 0.717) is 0 Å². The molecule has 1 amide bonds. The third kappa shape index (κ3) is 5.43. The van der Waals surface area contributed by atoms with E-state index in [4.69, 9.17) is 21.1 Å². The van der Waals surface area contributed by atoms with E-state index >= 15 is 0 Å². The van der Waals surface area contributed by atoms with Gasteiger partial charge in [-0.1, -0.05) is 29.8 Å². The average Bonchev–Trinajstić information content (AvgIpc) is 2.75. The van der Waals surface area contributed by atoms with Crippen molar-refractivity contribution in [3.63, 3.8) is 0 Å². The van der Waals surface area contributed by atoms with Crippen LogP contribution in [0.4, 0.5) is 0 Å². The zero-order chi connectivity index (χ0) is 20.8. The third-order valence-corrected chi connectivity index (χ3v) is 5.94. The zero-order valence-electron chi connectivity index (χ0n) is 17.3. The number of carbonyl (C=O) groups excluding carboxylic acids is 1. The van der Waals surface area contributed by atoms with Gasteiger partial charge in [0, 0.05) is 23.0 Å². The summed E-state index contributed by atoms with van der Waals surface area (Å²) in [5.41, 5.74) is 2.05. The number of likely N-dealkylation sites (tertiary alicyclic amines) is 1. The number of amides is 1. The summed E-state index contributed by atoms with van der Waals surface area (Å²) in [6.07, 6.45) is 1.69. The van der Waals surface area contributed by atoms with Gasteiger partial charge in [0.05, 0.1) is 20.3 Å². The van der Waals surface area contributed by atoms with Crippen molar-refractivity contribution in [2.45, 2.75) is 32.4 Å². The Morgan fingerprint density at radius 2 is 1.90 bits per heavy atom. The Kier molecular flexibility index (Phi) is 7.40. The molecule has 1 fully saturated rings. The summed E-state index contributed by atoms with van der Waals surface area (Å²) in [4.78, 5) is 15.2. The van der Waals surface area contributed by atoms with Gasteiger partial charge in [0.25, 0.3) is 0 Å². The van der Waals surface area contributed by atoms with Gasteiger partial charge in [-0.3, -0.25) is 9.69 Å². The maximum Gasteiger partial charge on any atom is 0.223 e. The SMILES string of the molecule is COc1ccc(OC)c(C(C)NC(=O)C2CCN(Cc3ccccc3Cl)CC2)c1. The van der Waals surface area contributed by atoms with Crippen LogP contribution in [-0.4, -0.2) is 38.1 Å². The highest BCUT2D eigenvalue weighted by atomic mass is 35.5. The molecule has 1 aliphatic heterocycles. The van der Waals surface area contributed by atoms with Gasteiger partial charge >= 0.3 is 0 Å². The summed E-state index contributed by atoms with van der Waals surface area (Å²) in [5, 5.41) is 3.95. The Morgan fingerprint density at radius 1 is 1.17 bits per heavy atom. The first-order valence-electron chi connectivity index (χ1n) is 10.00. The maximum absolute atomic E-state index is 12.8. The summed E-state index contributed by atoms with van der Waals surface area (Å²) >= 11 is 6.27. The van der Waals surface area contributed by atoms with E-state index in [1.54, 1.807) is 14.2 Å². The predicted molar refractivity (Wildman–Crippen MR) is 116 cm³/mol. The highest BCUT2D eigenvalue weighted by Gasteiger charge is 2.27. The van der Waals surface area contributed by atoms with Crippen LogP contribution >= 0.6 is 11.6 Å². The topological polar surface area (TPSA) is 50.8 Å². The summed E-state index contributed by atoms with van der Waals surface area (Å²) in [6.45, 7) is 4.58. The average molecular weight is 417 g/mol. The number of hydrogen-bond donors (Lipinski definition) is 1. The molecule has 0 aliphatic carbocycles. The number of benzene rings is 2. The van der Waals surface area contributed by atoms with Crippen molar-refractivity contribution in [1.82, 2.24) is 10.2 Å². The molecular weight excluding hydrogens is 388 g/mol. The van der Waals surface area contributed by atoms with E-state index in [-0.39, 0.29) is 17.9 Å². The molecule has 3 rings (SSSR count). The molecule has 0 radical (unpaired) electrons. The van der Waals surface area contributed by atoms with Gasteiger partial charge in [-0.2, -0.15) is 0 Å². The smallest absolute Gasteiger partial charge is 0.223 e. The quantitative estimate of drug-likeness (QED) is 0.724. The van der Waals surface area contributed by atoms with E-state index in [1.165, 1.54) is 0 Å². The summed E-state index contributed by atoms with van der Waals surface area (Å²) in [7, 11) is 3.26. The number of methoxy groups -OCH3 is 2. The molecule has 29 heavy (non-hydrogen) atoms. The number of ether oxygens (including phenoxy) is 2.